The zero-order chi connectivity index (χ0) is 22.5. The lowest BCUT2D eigenvalue weighted by Crippen LogP contribution is -2.50. The van der Waals surface area contributed by atoms with Crippen molar-refractivity contribution in [2.75, 3.05) is 71.4 Å². The van der Waals surface area contributed by atoms with E-state index in [0.29, 0.717) is 13.1 Å². The van der Waals surface area contributed by atoms with Gasteiger partial charge in [0.1, 0.15) is 0 Å². The Bertz CT molecular complexity index is 803. The van der Waals surface area contributed by atoms with Crippen molar-refractivity contribution in [2.45, 2.75) is 37.8 Å². The fraction of sp³-hybridized carbons (Fsp3) is 0.667. The van der Waals surface area contributed by atoms with Crippen LogP contribution < -0.4 is 15.5 Å². The minimum Gasteiger partial charge on any atom is -0.376 e. The third kappa shape index (κ3) is 5.60. The molecule has 0 radical (unpaired) electrons. The molecule has 8 heteroatoms. The SMILES string of the molecule is CN1CCN([C@H](CNC(=O)C(=O)NC[C@@H]2CCCO2)c2ccc3c(c2)CCCN3C)CC1. The normalized spacial score (nSPS) is 22.9. The molecular weight excluding hydrogens is 406 g/mol. The van der Waals surface area contributed by atoms with Crippen molar-refractivity contribution in [3.63, 3.8) is 0 Å². The van der Waals surface area contributed by atoms with Gasteiger partial charge in [0, 0.05) is 65.2 Å². The standard InChI is InChI=1S/C24H37N5O3/c1-27-10-12-29(13-11-27)22(19-7-8-21-18(15-19)5-3-9-28(21)2)17-26-24(31)23(30)25-16-20-6-4-14-32-20/h7-8,15,20,22H,3-6,9-14,16-17H2,1-2H3,(H,25,30)(H,26,31)/t20-,22+/m0/s1. The van der Waals surface area contributed by atoms with Crippen LogP contribution in [-0.4, -0.2) is 94.2 Å². The summed E-state index contributed by atoms with van der Waals surface area (Å²) in [5, 5.41) is 5.61. The van der Waals surface area contributed by atoms with Gasteiger partial charge in [0.2, 0.25) is 0 Å². The first-order valence-electron chi connectivity index (χ1n) is 12.0. The second-order valence-electron chi connectivity index (χ2n) is 9.32. The van der Waals surface area contributed by atoms with E-state index in [4.69, 9.17) is 4.74 Å². The van der Waals surface area contributed by atoms with E-state index in [9.17, 15) is 9.59 Å². The van der Waals surface area contributed by atoms with Crippen LogP contribution >= 0.6 is 0 Å². The van der Waals surface area contributed by atoms with Crippen molar-refractivity contribution < 1.29 is 14.3 Å². The monoisotopic (exact) mass is 443 g/mol. The van der Waals surface area contributed by atoms with Gasteiger partial charge in [-0.15, -0.1) is 0 Å². The van der Waals surface area contributed by atoms with Crippen LogP contribution in [0.5, 0.6) is 0 Å². The van der Waals surface area contributed by atoms with Crippen molar-refractivity contribution in [1.29, 1.82) is 0 Å². The third-order valence-corrected chi connectivity index (χ3v) is 6.99. The molecule has 0 bridgehead atoms. The Labute approximate surface area is 191 Å². The molecule has 3 aliphatic heterocycles. The average molecular weight is 444 g/mol. The van der Waals surface area contributed by atoms with Gasteiger partial charge in [-0.3, -0.25) is 14.5 Å². The molecule has 0 spiro atoms. The van der Waals surface area contributed by atoms with Gasteiger partial charge in [-0.25, -0.2) is 0 Å². The first kappa shape index (κ1) is 23.0. The number of piperazine rings is 1. The van der Waals surface area contributed by atoms with Gasteiger partial charge in [-0.2, -0.15) is 0 Å². The number of fused-ring (bicyclic) bond motifs is 1. The van der Waals surface area contributed by atoms with E-state index in [1.54, 1.807) is 0 Å². The number of nitrogens with zero attached hydrogens (tertiary/aromatic N) is 3. The average Bonchev–Trinajstić information content (AvgIpc) is 3.32. The van der Waals surface area contributed by atoms with Gasteiger partial charge in [-0.1, -0.05) is 12.1 Å². The third-order valence-electron chi connectivity index (χ3n) is 6.99. The number of anilines is 1. The van der Waals surface area contributed by atoms with Crippen molar-refractivity contribution in [3.8, 4) is 0 Å². The summed E-state index contributed by atoms with van der Waals surface area (Å²) in [5.41, 5.74) is 3.88. The number of likely N-dealkylation sites (N-methyl/N-ethyl adjacent to an activating group) is 1. The molecular formula is C24H37N5O3. The van der Waals surface area contributed by atoms with E-state index in [1.807, 2.05) is 0 Å². The van der Waals surface area contributed by atoms with Crippen LogP contribution in [0.2, 0.25) is 0 Å². The molecule has 176 valence electrons. The highest BCUT2D eigenvalue weighted by molar-refractivity contribution is 6.35. The molecule has 2 amide bonds. The van der Waals surface area contributed by atoms with E-state index in [1.165, 1.54) is 16.8 Å². The highest BCUT2D eigenvalue weighted by atomic mass is 16.5. The Kier molecular flexibility index (Phi) is 7.65. The first-order chi connectivity index (χ1) is 15.5. The van der Waals surface area contributed by atoms with Crippen LogP contribution in [-0.2, 0) is 20.7 Å². The molecule has 1 aromatic carbocycles. The van der Waals surface area contributed by atoms with Gasteiger partial charge in [0.25, 0.3) is 0 Å². The van der Waals surface area contributed by atoms with Gasteiger partial charge >= 0.3 is 11.8 Å². The fourth-order valence-corrected chi connectivity index (χ4v) is 4.97. The molecule has 8 nitrogen and oxygen atoms in total. The molecule has 3 aliphatic rings. The smallest absolute Gasteiger partial charge is 0.309 e. The van der Waals surface area contributed by atoms with Gasteiger partial charge in [0.15, 0.2) is 0 Å². The van der Waals surface area contributed by atoms with Crippen LogP contribution in [0, 0.1) is 0 Å². The fourth-order valence-electron chi connectivity index (χ4n) is 4.97. The summed E-state index contributed by atoms with van der Waals surface area (Å²) in [6.07, 6.45) is 4.21. The van der Waals surface area contributed by atoms with Crippen LogP contribution in [0.3, 0.4) is 0 Å². The summed E-state index contributed by atoms with van der Waals surface area (Å²) in [4.78, 5) is 31.9. The second kappa shape index (κ2) is 10.6. The predicted molar refractivity (Wildman–Crippen MR) is 125 cm³/mol. The van der Waals surface area contributed by atoms with Crippen LogP contribution in [0.1, 0.15) is 36.4 Å². The molecule has 1 aromatic rings. The minimum absolute atomic E-state index is 0.0264. The predicted octanol–water partition coefficient (Wildman–Crippen LogP) is 0.769. The lowest BCUT2D eigenvalue weighted by Gasteiger charge is -2.39. The molecule has 2 saturated heterocycles. The summed E-state index contributed by atoms with van der Waals surface area (Å²) in [5.74, 6) is -1.15. The number of hydrogen-bond acceptors (Lipinski definition) is 6. The molecule has 2 N–H and O–H groups in total. The van der Waals surface area contributed by atoms with Crippen molar-refractivity contribution in [1.82, 2.24) is 20.4 Å². The largest absolute Gasteiger partial charge is 0.376 e. The topological polar surface area (TPSA) is 77.1 Å². The maximum absolute atomic E-state index is 12.5. The van der Waals surface area contributed by atoms with E-state index in [2.05, 4.69) is 57.6 Å². The summed E-state index contributed by atoms with van der Waals surface area (Å²) < 4.78 is 5.52. The van der Waals surface area contributed by atoms with Crippen molar-refractivity contribution >= 4 is 17.5 Å². The molecule has 2 fully saturated rings. The molecule has 2 atom stereocenters. The quantitative estimate of drug-likeness (QED) is 0.633. The Morgan fingerprint density at radius 3 is 2.59 bits per heavy atom. The van der Waals surface area contributed by atoms with Crippen molar-refractivity contribution in [3.05, 3.63) is 29.3 Å². The number of hydrogen-bond donors (Lipinski definition) is 2. The van der Waals surface area contributed by atoms with E-state index in [0.717, 1.165) is 65.0 Å². The maximum atomic E-state index is 12.5. The van der Waals surface area contributed by atoms with Gasteiger partial charge in [-0.05, 0) is 49.9 Å². The van der Waals surface area contributed by atoms with E-state index < -0.39 is 11.8 Å². The van der Waals surface area contributed by atoms with Gasteiger partial charge in [0.05, 0.1) is 12.1 Å². The van der Waals surface area contributed by atoms with Crippen LogP contribution in [0.15, 0.2) is 18.2 Å². The number of benzene rings is 1. The van der Waals surface area contributed by atoms with E-state index in [-0.39, 0.29) is 12.1 Å². The molecule has 4 rings (SSSR count). The summed E-state index contributed by atoms with van der Waals surface area (Å²) in [7, 11) is 4.28. The first-order valence-corrected chi connectivity index (χ1v) is 12.0. The number of carbonyl (C=O) groups excluding carboxylic acids is 2. The maximum Gasteiger partial charge on any atom is 0.309 e. The zero-order valence-electron chi connectivity index (χ0n) is 19.4. The number of nitrogens with one attached hydrogen (secondary N) is 2. The molecule has 0 aliphatic carbocycles. The number of carbonyl (C=O) groups is 2. The minimum atomic E-state index is -0.579. The summed E-state index contributed by atoms with van der Waals surface area (Å²) in [6.45, 7) is 6.52. The van der Waals surface area contributed by atoms with Gasteiger partial charge < -0.3 is 25.2 Å². The lowest BCUT2D eigenvalue weighted by molar-refractivity contribution is -0.139. The zero-order valence-corrected chi connectivity index (χ0v) is 19.4. The Morgan fingerprint density at radius 1 is 1.06 bits per heavy atom. The number of amides is 2. The Morgan fingerprint density at radius 2 is 1.84 bits per heavy atom. The molecule has 0 saturated carbocycles. The lowest BCUT2D eigenvalue weighted by atomic mass is 9.95. The summed E-state index contributed by atoms with van der Waals surface area (Å²) >= 11 is 0. The van der Waals surface area contributed by atoms with Crippen LogP contribution in [0.25, 0.3) is 0 Å². The van der Waals surface area contributed by atoms with E-state index >= 15 is 0 Å². The van der Waals surface area contributed by atoms with Crippen molar-refractivity contribution in [2.24, 2.45) is 0 Å². The number of aryl methyl sites for hydroxylation is 1. The molecule has 3 heterocycles. The van der Waals surface area contributed by atoms with Crippen LogP contribution in [0.4, 0.5) is 5.69 Å². The molecule has 32 heavy (non-hydrogen) atoms. The summed E-state index contributed by atoms with van der Waals surface area (Å²) in [6, 6.07) is 6.75. The second-order valence-corrected chi connectivity index (χ2v) is 9.32. The molecule has 0 aromatic heterocycles. The number of ether oxygens (including phenoxy) is 1. The molecule has 0 unspecified atom stereocenters. The number of rotatable bonds is 6. The Hall–Kier alpha value is -2.16. The highest BCUT2D eigenvalue weighted by Gasteiger charge is 2.27. The highest BCUT2D eigenvalue weighted by Crippen LogP contribution is 2.31. The Balaban J connectivity index is 1.41.